The van der Waals surface area contributed by atoms with Gasteiger partial charge in [0.2, 0.25) is 5.91 Å². The fourth-order valence-electron chi connectivity index (χ4n) is 1.78. The second kappa shape index (κ2) is 7.31. The summed E-state index contributed by atoms with van der Waals surface area (Å²) in [5, 5.41) is 2.63. The van der Waals surface area contributed by atoms with E-state index in [0.29, 0.717) is 5.69 Å². The molecular formula is C14H19F3N2O2. The fraction of sp³-hybridized carbons (Fsp3) is 0.500. The summed E-state index contributed by atoms with van der Waals surface area (Å²) in [6.07, 6.45) is -4.72. The molecule has 0 aliphatic carbocycles. The summed E-state index contributed by atoms with van der Waals surface area (Å²) >= 11 is 0. The zero-order valence-electron chi connectivity index (χ0n) is 12.2. The van der Waals surface area contributed by atoms with E-state index in [1.165, 1.54) is 12.1 Å². The van der Waals surface area contributed by atoms with Crippen molar-refractivity contribution < 1.29 is 22.7 Å². The van der Waals surface area contributed by atoms with Crippen LogP contribution < -0.4 is 10.1 Å². The summed E-state index contributed by atoms with van der Waals surface area (Å²) in [6, 6.07) is 5.28. The predicted molar refractivity (Wildman–Crippen MR) is 74.1 cm³/mol. The summed E-state index contributed by atoms with van der Waals surface area (Å²) in [6.45, 7) is 6.90. The third-order valence-electron chi connectivity index (χ3n) is 2.85. The van der Waals surface area contributed by atoms with Crippen molar-refractivity contribution in [2.45, 2.75) is 33.2 Å². The van der Waals surface area contributed by atoms with Crippen molar-refractivity contribution in [3.8, 4) is 5.75 Å². The summed E-state index contributed by atoms with van der Waals surface area (Å²) in [7, 11) is 0. The first-order chi connectivity index (χ1) is 9.71. The number of hydrogen-bond acceptors (Lipinski definition) is 3. The van der Waals surface area contributed by atoms with Gasteiger partial charge in [-0.25, -0.2) is 0 Å². The number of benzene rings is 1. The molecule has 1 amide bonds. The molecule has 0 atom stereocenters. The number of likely N-dealkylation sites (N-methyl/N-ethyl adjacent to an activating group) is 1. The molecule has 0 fully saturated rings. The Labute approximate surface area is 121 Å². The summed E-state index contributed by atoms with van der Waals surface area (Å²) in [4.78, 5) is 13.8. The lowest BCUT2D eigenvalue weighted by Crippen LogP contribution is -2.37. The average Bonchev–Trinajstić information content (AvgIpc) is 2.36. The minimum absolute atomic E-state index is 0.213. The van der Waals surface area contributed by atoms with Gasteiger partial charge in [0.15, 0.2) is 0 Å². The molecule has 0 bridgehead atoms. The monoisotopic (exact) mass is 304 g/mol. The number of amides is 1. The van der Waals surface area contributed by atoms with E-state index in [2.05, 4.69) is 10.1 Å². The Morgan fingerprint density at radius 2 is 1.86 bits per heavy atom. The fourth-order valence-corrected chi connectivity index (χ4v) is 1.78. The Kier molecular flexibility index (Phi) is 6.02. The minimum Gasteiger partial charge on any atom is -0.406 e. The SMILES string of the molecule is CCN(CC(=O)Nc1ccc(OC(F)(F)F)cc1)C(C)C. The van der Waals surface area contributed by atoms with Gasteiger partial charge in [-0.15, -0.1) is 13.2 Å². The van der Waals surface area contributed by atoms with Crippen LogP contribution in [-0.4, -0.2) is 36.3 Å². The predicted octanol–water partition coefficient (Wildman–Crippen LogP) is 3.25. The number of nitrogens with zero attached hydrogens (tertiary/aromatic N) is 1. The number of alkyl halides is 3. The van der Waals surface area contributed by atoms with Crippen LogP contribution in [0.15, 0.2) is 24.3 Å². The van der Waals surface area contributed by atoms with E-state index < -0.39 is 6.36 Å². The van der Waals surface area contributed by atoms with Crippen LogP contribution >= 0.6 is 0 Å². The summed E-state index contributed by atoms with van der Waals surface area (Å²) in [5.74, 6) is -0.534. The lowest BCUT2D eigenvalue weighted by molar-refractivity contribution is -0.274. The van der Waals surface area contributed by atoms with Crippen molar-refractivity contribution in [3.63, 3.8) is 0 Å². The van der Waals surface area contributed by atoms with Gasteiger partial charge >= 0.3 is 6.36 Å². The van der Waals surface area contributed by atoms with Crippen molar-refractivity contribution >= 4 is 11.6 Å². The van der Waals surface area contributed by atoms with E-state index in [1.54, 1.807) is 0 Å². The number of carbonyl (C=O) groups is 1. The van der Waals surface area contributed by atoms with Gasteiger partial charge in [-0.1, -0.05) is 6.92 Å². The molecule has 1 aromatic rings. The van der Waals surface area contributed by atoms with Crippen LogP contribution in [0, 0.1) is 0 Å². The van der Waals surface area contributed by atoms with E-state index in [1.807, 2.05) is 25.7 Å². The van der Waals surface area contributed by atoms with Gasteiger partial charge in [-0.3, -0.25) is 9.69 Å². The molecule has 1 aromatic carbocycles. The zero-order chi connectivity index (χ0) is 16.0. The summed E-state index contributed by atoms with van der Waals surface area (Å²) in [5.41, 5.74) is 0.425. The minimum atomic E-state index is -4.72. The Morgan fingerprint density at radius 3 is 2.29 bits per heavy atom. The number of rotatable bonds is 6. The maximum Gasteiger partial charge on any atom is 0.573 e. The second-order valence-electron chi connectivity index (χ2n) is 4.78. The van der Waals surface area contributed by atoms with Crippen LogP contribution in [-0.2, 0) is 4.79 Å². The molecule has 7 heteroatoms. The van der Waals surface area contributed by atoms with E-state index in [0.717, 1.165) is 18.7 Å². The highest BCUT2D eigenvalue weighted by Gasteiger charge is 2.30. The quantitative estimate of drug-likeness (QED) is 0.877. The molecule has 0 aliphatic rings. The average molecular weight is 304 g/mol. The van der Waals surface area contributed by atoms with Gasteiger partial charge in [0.1, 0.15) is 5.75 Å². The second-order valence-corrected chi connectivity index (χ2v) is 4.78. The Morgan fingerprint density at radius 1 is 1.29 bits per heavy atom. The molecule has 1 rings (SSSR count). The topological polar surface area (TPSA) is 41.6 Å². The van der Waals surface area contributed by atoms with Crippen molar-refractivity contribution in [1.82, 2.24) is 4.90 Å². The Bertz CT molecular complexity index is 458. The molecule has 4 nitrogen and oxygen atoms in total. The molecule has 0 aromatic heterocycles. The van der Waals surface area contributed by atoms with Crippen LogP contribution in [0.3, 0.4) is 0 Å². The van der Waals surface area contributed by atoms with Crippen molar-refractivity contribution in [1.29, 1.82) is 0 Å². The molecule has 0 aliphatic heterocycles. The van der Waals surface area contributed by atoms with E-state index in [4.69, 9.17) is 0 Å². The number of nitrogens with one attached hydrogen (secondary N) is 1. The number of anilines is 1. The van der Waals surface area contributed by atoms with Gasteiger partial charge in [0.25, 0.3) is 0 Å². The van der Waals surface area contributed by atoms with Gasteiger partial charge < -0.3 is 10.1 Å². The van der Waals surface area contributed by atoms with E-state index in [-0.39, 0.29) is 24.2 Å². The Hall–Kier alpha value is -1.76. The number of hydrogen-bond donors (Lipinski definition) is 1. The normalized spacial score (nSPS) is 11.8. The maximum absolute atomic E-state index is 12.0. The number of halogens is 3. The van der Waals surface area contributed by atoms with E-state index >= 15 is 0 Å². The largest absolute Gasteiger partial charge is 0.573 e. The third kappa shape index (κ3) is 6.48. The molecule has 118 valence electrons. The highest BCUT2D eigenvalue weighted by atomic mass is 19.4. The first kappa shape index (κ1) is 17.3. The molecule has 0 radical (unpaired) electrons. The lowest BCUT2D eigenvalue weighted by Gasteiger charge is -2.23. The molecular weight excluding hydrogens is 285 g/mol. The van der Waals surface area contributed by atoms with Crippen LogP contribution in [0.5, 0.6) is 5.75 Å². The third-order valence-corrected chi connectivity index (χ3v) is 2.85. The molecule has 1 N–H and O–H groups in total. The molecule has 0 heterocycles. The highest BCUT2D eigenvalue weighted by Crippen LogP contribution is 2.23. The zero-order valence-corrected chi connectivity index (χ0v) is 12.2. The Balaban J connectivity index is 2.57. The van der Waals surface area contributed by atoms with Gasteiger partial charge in [-0.2, -0.15) is 0 Å². The lowest BCUT2D eigenvalue weighted by atomic mass is 10.3. The van der Waals surface area contributed by atoms with Crippen molar-refractivity contribution in [2.75, 3.05) is 18.4 Å². The molecule has 0 spiro atoms. The van der Waals surface area contributed by atoms with Gasteiger partial charge in [-0.05, 0) is 44.7 Å². The molecule has 0 saturated heterocycles. The first-order valence-electron chi connectivity index (χ1n) is 6.61. The number of carbonyl (C=O) groups excluding carboxylic acids is 1. The molecule has 0 saturated carbocycles. The first-order valence-corrected chi connectivity index (χ1v) is 6.61. The van der Waals surface area contributed by atoms with Gasteiger partial charge in [0, 0.05) is 11.7 Å². The summed E-state index contributed by atoms with van der Waals surface area (Å²) < 4.78 is 39.8. The van der Waals surface area contributed by atoms with Crippen LogP contribution in [0.4, 0.5) is 18.9 Å². The molecule has 21 heavy (non-hydrogen) atoms. The van der Waals surface area contributed by atoms with Gasteiger partial charge in [0.05, 0.1) is 6.54 Å². The van der Waals surface area contributed by atoms with Crippen LogP contribution in [0.25, 0.3) is 0 Å². The van der Waals surface area contributed by atoms with Crippen molar-refractivity contribution in [3.05, 3.63) is 24.3 Å². The highest BCUT2D eigenvalue weighted by molar-refractivity contribution is 5.92. The maximum atomic E-state index is 12.0. The van der Waals surface area contributed by atoms with Crippen molar-refractivity contribution in [2.24, 2.45) is 0 Å². The standard InChI is InChI=1S/C14H19F3N2O2/c1-4-19(10(2)3)9-13(20)18-11-5-7-12(8-6-11)21-14(15,16)17/h5-8,10H,4,9H2,1-3H3,(H,18,20). The molecule has 0 unspecified atom stereocenters. The van der Waals surface area contributed by atoms with Crippen LogP contribution in [0.1, 0.15) is 20.8 Å². The smallest absolute Gasteiger partial charge is 0.406 e. The van der Waals surface area contributed by atoms with Crippen LogP contribution in [0.2, 0.25) is 0 Å². The van der Waals surface area contributed by atoms with E-state index in [9.17, 15) is 18.0 Å². The number of ether oxygens (including phenoxy) is 1.